The van der Waals surface area contributed by atoms with Crippen LogP contribution in [-0.4, -0.2) is 22.8 Å². The summed E-state index contributed by atoms with van der Waals surface area (Å²) in [4.78, 5) is 12.7. The number of carbonyl (C=O) groups is 1. The number of halogens is 1. The molecule has 8 heteroatoms. The lowest BCUT2D eigenvalue weighted by Gasteiger charge is -2.08. The van der Waals surface area contributed by atoms with E-state index < -0.39 is 0 Å². The van der Waals surface area contributed by atoms with Crippen molar-refractivity contribution in [1.29, 1.82) is 0 Å². The van der Waals surface area contributed by atoms with Crippen LogP contribution in [0.1, 0.15) is 33.3 Å². The van der Waals surface area contributed by atoms with Gasteiger partial charge in [0.05, 0.1) is 29.5 Å². The molecule has 4 aromatic rings. The van der Waals surface area contributed by atoms with E-state index in [9.17, 15) is 4.79 Å². The lowest BCUT2D eigenvalue weighted by Crippen LogP contribution is -2.11. The van der Waals surface area contributed by atoms with Crippen LogP contribution in [0.25, 0.3) is 0 Å². The summed E-state index contributed by atoms with van der Waals surface area (Å²) in [5.41, 5.74) is 3.72. The molecule has 1 N–H and O–H groups in total. The highest BCUT2D eigenvalue weighted by atomic mass is 79.9. The predicted molar refractivity (Wildman–Crippen MR) is 129 cm³/mol. The van der Waals surface area contributed by atoms with Crippen LogP contribution in [0.15, 0.2) is 69.6 Å². The Morgan fingerprint density at radius 3 is 2.55 bits per heavy atom. The first-order chi connectivity index (χ1) is 15.9. The van der Waals surface area contributed by atoms with Gasteiger partial charge in [-0.3, -0.25) is 9.48 Å². The molecule has 0 saturated carbocycles. The van der Waals surface area contributed by atoms with Gasteiger partial charge in [0, 0.05) is 5.69 Å². The molecule has 0 aliphatic rings. The first-order valence-corrected chi connectivity index (χ1v) is 11.2. The average Bonchev–Trinajstić information content (AvgIpc) is 3.39. The van der Waals surface area contributed by atoms with Gasteiger partial charge in [-0.15, -0.1) is 0 Å². The number of rotatable bonds is 8. The summed E-state index contributed by atoms with van der Waals surface area (Å²) >= 11 is 3.55. The van der Waals surface area contributed by atoms with Crippen molar-refractivity contribution < 1.29 is 18.7 Å². The SMILES string of the molecule is COc1ccc(OCc2ccc(C(=O)Nc3cccc(Cn4nc(C)c(Br)c4C)c3)o2)cc1. The molecule has 1 amide bonds. The van der Waals surface area contributed by atoms with Gasteiger partial charge in [0.1, 0.15) is 23.9 Å². The van der Waals surface area contributed by atoms with Crippen LogP contribution < -0.4 is 14.8 Å². The summed E-state index contributed by atoms with van der Waals surface area (Å²) < 4.78 is 19.4. The minimum Gasteiger partial charge on any atom is -0.497 e. The van der Waals surface area contributed by atoms with Gasteiger partial charge in [-0.05, 0) is 83.9 Å². The Kier molecular flexibility index (Phi) is 6.84. The number of amides is 1. The van der Waals surface area contributed by atoms with Crippen molar-refractivity contribution in [3.63, 3.8) is 0 Å². The Balaban J connectivity index is 1.36. The van der Waals surface area contributed by atoms with E-state index in [2.05, 4.69) is 26.3 Å². The van der Waals surface area contributed by atoms with E-state index in [4.69, 9.17) is 13.9 Å². The number of aromatic nitrogens is 2. The number of benzene rings is 2. The smallest absolute Gasteiger partial charge is 0.291 e. The van der Waals surface area contributed by atoms with Gasteiger partial charge >= 0.3 is 0 Å². The van der Waals surface area contributed by atoms with Gasteiger partial charge < -0.3 is 19.2 Å². The molecule has 170 valence electrons. The van der Waals surface area contributed by atoms with Crippen LogP contribution in [0.2, 0.25) is 0 Å². The third kappa shape index (κ3) is 5.46. The van der Waals surface area contributed by atoms with Crippen molar-refractivity contribution in [3.8, 4) is 11.5 Å². The molecule has 33 heavy (non-hydrogen) atoms. The van der Waals surface area contributed by atoms with E-state index >= 15 is 0 Å². The molecular weight excluding hydrogens is 486 g/mol. The lowest BCUT2D eigenvalue weighted by molar-refractivity contribution is 0.0992. The predicted octanol–water partition coefficient (Wildman–Crippen LogP) is 5.74. The van der Waals surface area contributed by atoms with E-state index in [0.29, 0.717) is 23.7 Å². The summed E-state index contributed by atoms with van der Waals surface area (Å²) in [6, 6.07) is 18.3. The van der Waals surface area contributed by atoms with E-state index in [-0.39, 0.29) is 18.3 Å². The maximum absolute atomic E-state index is 12.7. The van der Waals surface area contributed by atoms with Gasteiger partial charge in [-0.2, -0.15) is 5.10 Å². The Bertz CT molecular complexity index is 1260. The number of carbonyl (C=O) groups excluding carboxylic acids is 1. The number of nitrogens with zero attached hydrogens (tertiary/aromatic N) is 2. The normalized spacial score (nSPS) is 10.8. The quantitative estimate of drug-likeness (QED) is 0.327. The Morgan fingerprint density at radius 1 is 1.09 bits per heavy atom. The Morgan fingerprint density at radius 2 is 1.85 bits per heavy atom. The van der Waals surface area contributed by atoms with E-state index in [1.165, 1.54) is 0 Å². The molecule has 0 spiro atoms. The monoisotopic (exact) mass is 509 g/mol. The zero-order valence-electron chi connectivity index (χ0n) is 18.6. The van der Waals surface area contributed by atoms with Gasteiger partial charge in [-0.1, -0.05) is 12.1 Å². The second-order valence-electron chi connectivity index (χ2n) is 7.53. The zero-order chi connectivity index (χ0) is 23.4. The summed E-state index contributed by atoms with van der Waals surface area (Å²) in [5.74, 6) is 1.89. The number of anilines is 1. The van der Waals surface area contributed by atoms with Crippen molar-refractivity contribution in [1.82, 2.24) is 9.78 Å². The van der Waals surface area contributed by atoms with E-state index in [1.54, 1.807) is 19.2 Å². The van der Waals surface area contributed by atoms with Gasteiger partial charge in [0.25, 0.3) is 5.91 Å². The van der Waals surface area contributed by atoms with Crippen molar-refractivity contribution >= 4 is 27.5 Å². The maximum Gasteiger partial charge on any atom is 0.291 e. The second-order valence-corrected chi connectivity index (χ2v) is 8.32. The van der Waals surface area contributed by atoms with Crippen LogP contribution in [0.4, 0.5) is 5.69 Å². The fraction of sp³-hybridized carbons (Fsp3) is 0.200. The highest BCUT2D eigenvalue weighted by Gasteiger charge is 2.13. The molecule has 0 saturated heterocycles. The standard InChI is InChI=1S/C25H24BrN3O4/c1-16-24(26)17(2)29(28-16)14-18-5-4-6-19(13-18)27-25(30)23-12-11-22(33-23)15-32-21-9-7-20(31-3)8-10-21/h4-13H,14-15H2,1-3H3,(H,27,30). The summed E-state index contributed by atoms with van der Waals surface area (Å²) in [5, 5.41) is 7.43. The van der Waals surface area contributed by atoms with Crippen LogP contribution in [0.5, 0.6) is 11.5 Å². The maximum atomic E-state index is 12.7. The average molecular weight is 510 g/mol. The van der Waals surface area contributed by atoms with Gasteiger partial charge in [-0.25, -0.2) is 0 Å². The van der Waals surface area contributed by atoms with E-state index in [0.717, 1.165) is 27.2 Å². The highest BCUT2D eigenvalue weighted by Crippen LogP contribution is 2.22. The fourth-order valence-electron chi connectivity index (χ4n) is 3.35. The number of ether oxygens (including phenoxy) is 2. The number of nitrogens with one attached hydrogen (secondary N) is 1. The minimum atomic E-state index is -0.322. The number of methoxy groups -OCH3 is 1. The van der Waals surface area contributed by atoms with E-state index in [1.807, 2.05) is 67.1 Å². The lowest BCUT2D eigenvalue weighted by atomic mass is 10.2. The molecule has 7 nitrogen and oxygen atoms in total. The second kappa shape index (κ2) is 9.95. The fourth-order valence-corrected chi connectivity index (χ4v) is 3.63. The molecule has 0 aliphatic heterocycles. The first-order valence-electron chi connectivity index (χ1n) is 10.4. The molecule has 0 fully saturated rings. The summed E-state index contributed by atoms with van der Waals surface area (Å²) in [6.45, 7) is 4.80. The molecule has 0 aliphatic carbocycles. The van der Waals surface area contributed by atoms with Gasteiger partial charge in [0.2, 0.25) is 0 Å². The molecule has 0 atom stereocenters. The van der Waals surface area contributed by atoms with Crippen LogP contribution in [0.3, 0.4) is 0 Å². The molecule has 2 aromatic heterocycles. The molecule has 0 radical (unpaired) electrons. The highest BCUT2D eigenvalue weighted by molar-refractivity contribution is 9.10. The molecule has 0 unspecified atom stereocenters. The van der Waals surface area contributed by atoms with Crippen LogP contribution in [-0.2, 0) is 13.2 Å². The van der Waals surface area contributed by atoms with Crippen molar-refractivity contribution in [2.45, 2.75) is 27.0 Å². The molecule has 0 bridgehead atoms. The zero-order valence-corrected chi connectivity index (χ0v) is 20.2. The number of hydrogen-bond acceptors (Lipinski definition) is 5. The summed E-state index contributed by atoms with van der Waals surface area (Å²) in [7, 11) is 1.61. The largest absolute Gasteiger partial charge is 0.497 e. The third-order valence-corrected chi connectivity index (χ3v) is 6.28. The Labute approximate surface area is 200 Å². The molecular formula is C25H24BrN3O4. The van der Waals surface area contributed by atoms with Crippen molar-refractivity contribution in [3.05, 3.63) is 93.6 Å². The molecule has 2 aromatic carbocycles. The van der Waals surface area contributed by atoms with Crippen molar-refractivity contribution in [2.24, 2.45) is 0 Å². The van der Waals surface area contributed by atoms with Gasteiger partial charge in [0.15, 0.2) is 5.76 Å². The molecule has 4 rings (SSSR count). The Hall–Kier alpha value is -3.52. The topological polar surface area (TPSA) is 78.5 Å². The molecule has 2 heterocycles. The summed E-state index contributed by atoms with van der Waals surface area (Å²) in [6.07, 6.45) is 0. The number of hydrogen-bond donors (Lipinski definition) is 1. The van der Waals surface area contributed by atoms with Crippen LogP contribution in [0, 0.1) is 13.8 Å². The number of furan rings is 1. The third-order valence-electron chi connectivity index (χ3n) is 5.14. The number of aryl methyl sites for hydroxylation is 1. The first kappa shape index (κ1) is 22.7. The van der Waals surface area contributed by atoms with Crippen LogP contribution >= 0.6 is 15.9 Å². The van der Waals surface area contributed by atoms with Crippen molar-refractivity contribution in [2.75, 3.05) is 12.4 Å². The minimum absolute atomic E-state index is 0.216.